The number of Topliss-reactive ketones (excluding diaryl/α,β-unsaturated/α-hetero) is 1. The molecule has 38 heavy (non-hydrogen) atoms. The van der Waals surface area contributed by atoms with Crippen molar-refractivity contribution in [1.29, 1.82) is 0 Å². The maximum Gasteiger partial charge on any atom is 0.265 e. The lowest BCUT2D eigenvalue weighted by Crippen LogP contribution is -2.43. The monoisotopic (exact) mass is 573 g/mol. The van der Waals surface area contributed by atoms with Crippen LogP contribution >= 0.6 is 22.9 Å². The fourth-order valence-corrected chi connectivity index (χ4v) is 7.33. The van der Waals surface area contributed by atoms with Crippen LogP contribution < -0.4 is 4.90 Å². The highest BCUT2D eigenvalue weighted by Crippen LogP contribution is 2.30. The van der Waals surface area contributed by atoms with Gasteiger partial charge in [0.15, 0.2) is 15.6 Å². The van der Waals surface area contributed by atoms with Crippen molar-refractivity contribution in [3.8, 4) is 0 Å². The van der Waals surface area contributed by atoms with Gasteiger partial charge in [-0.2, -0.15) is 0 Å². The van der Waals surface area contributed by atoms with Crippen LogP contribution in [-0.2, 0) is 32.3 Å². The SMILES string of the molecule is CN1CCN=C1c1ccc2c(c1)CC(=O)N(c1ccc(CC(=O)CS(=O)(=O)c3ccc(Cl)s3)cc1F)C2=O. The number of carbonyl (C=O) groups excluding carboxylic acids is 3. The molecule has 5 rings (SSSR count). The summed E-state index contributed by atoms with van der Waals surface area (Å²) in [6, 6.07) is 11.6. The number of likely N-dealkylation sites (N-methyl/N-ethyl adjacent to an activating group) is 1. The second-order valence-corrected chi connectivity index (χ2v) is 13.0. The predicted octanol–water partition coefficient (Wildman–Crippen LogP) is 3.55. The number of amidine groups is 1. The zero-order chi connectivity index (χ0) is 27.2. The highest BCUT2D eigenvalue weighted by molar-refractivity contribution is 7.94. The Hall–Kier alpha value is -3.41. The van der Waals surface area contributed by atoms with Crippen molar-refractivity contribution in [2.24, 2.45) is 4.99 Å². The molecule has 0 bridgehead atoms. The van der Waals surface area contributed by atoms with Crippen LogP contribution in [0.2, 0.25) is 4.34 Å². The molecule has 0 atom stereocenters. The summed E-state index contributed by atoms with van der Waals surface area (Å²) in [7, 11) is -1.95. The zero-order valence-electron chi connectivity index (χ0n) is 20.1. The highest BCUT2D eigenvalue weighted by atomic mass is 35.5. The van der Waals surface area contributed by atoms with Gasteiger partial charge in [0.2, 0.25) is 5.91 Å². The van der Waals surface area contributed by atoms with E-state index in [0.29, 0.717) is 17.7 Å². The third-order valence-corrected chi connectivity index (χ3v) is 9.80. The van der Waals surface area contributed by atoms with E-state index >= 15 is 4.39 Å². The Balaban J connectivity index is 1.33. The third kappa shape index (κ3) is 5.01. The molecule has 3 aromatic rings. The van der Waals surface area contributed by atoms with Crippen LogP contribution in [0.3, 0.4) is 0 Å². The summed E-state index contributed by atoms with van der Waals surface area (Å²) in [4.78, 5) is 45.8. The molecule has 2 aliphatic heterocycles. The number of imide groups is 1. The topological polar surface area (TPSA) is 104 Å². The molecule has 0 N–H and O–H groups in total. The molecule has 2 aliphatic rings. The largest absolute Gasteiger partial charge is 0.358 e. The van der Waals surface area contributed by atoms with Crippen molar-refractivity contribution in [3.63, 3.8) is 0 Å². The van der Waals surface area contributed by atoms with Gasteiger partial charge in [-0.05, 0) is 47.5 Å². The van der Waals surface area contributed by atoms with Gasteiger partial charge in [0, 0.05) is 31.1 Å². The van der Waals surface area contributed by atoms with Crippen molar-refractivity contribution in [2.75, 3.05) is 30.8 Å². The number of anilines is 1. The molecule has 0 saturated carbocycles. The van der Waals surface area contributed by atoms with Gasteiger partial charge in [-0.1, -0.05) is 23.7 Å². The lowest BCUT2D eigenvalue weighted by molar-refractivity contribution is -0.118. The van der Waals surface area contributed by atoms with E-state index in [9.17, 15) is 22.8 Å². The normalized spacial score (nSPS) is 15.6. The van der Waals surface area contributed by atoms with Gasteiger partial charge in [0.05, 0.1) is 23.0 Å². The van der Waals surface area contributed by atoms with Gasteiger partial charge in [-0.15, -0.1) is 11.3 Å². The van der Waals surface area contributed by atoms with E-state index in [1.807, 2.05) is 11.9 Å². The Bertz CT molecular complexity index is 1630. The molecule has 0 saturated heterocycles. The van der Waals surface area contributed by atoms with Crippen molar-refractivity contribution >= 4 is 61.9 Å². The van der Waals surface area contributed by atoms with Gasteiger partial charge in [0.25, 0.3) is 5.91 Å². The van der Waals surface area contributed by atoms with Crippen LogP contribution in [0.4, 0.5) is 10.1 Å². The highest BCUT2D eigenvalue weighted by Gasteiger charge is 2.34. The Morgan fingerprint density at radius 2 is 1.92 bits per heavy atom. The van der Waals surface area contributed by atoms with E-state index in [-0.39, 0.29) is 32.6 Å². The lowest BCUT2D eigenvalue weighted by atomic mass is 9.95. The number of amides is 2. The molecule has 1 aromatic heterocycles. The Kier molecular flexibility index (Phi) is 6.93. The summed E-state index contributed by atoms with van der Waals surface area (Å²) in [5.74, 6) is -2.69. The summed E-state index contributed by atoms with van der Waals surface area (Å²) in [6.07, 6.45) is -0.419. The molecule has 3 heterocycles. The quantitative estimate of drug-likeness (QED) is 0.400. The summed E-state index contributed by atoms with van der Waals surface area (Å²) in [5.41, 5.74) is 1.65. The molecule has 0 fully saturated rings. The van der Waals surface area contributed by atoms with E-state index in [0.717, 1.165) is 40.2 Å². The third-order valence-electron chi connectivity index (χ3n) is 6.31. The van der Waals surface area contributed by atoms with Crippen LogP contribution in [-0.4, -0.2) is 62.6 Å². The maximum absolute atomic E-state index is 15.1. The molecule has 2 amide bonds. The first kappa shape index (κ1) is 26.2. The molecule has 2 aromatic carbocycles. The molecule has 0 spiro atoms. The number of aliphatic imine (C=N–C) groups is 1. The Labute approximate surface area is 227 Å². The molecular formula is C26H21ClFN3O5S2. The van der Waals surface area contributed by atoms with E-state index in [1.54, 1.807) is 18.2 Å². The van der Waals surface area contributed by atoms with Gasteiger partial charge < -0.3 is 4.90 Å². The van der Waals surface area contributed by atoms with E-state index in [1.165, 1.54) is 24.3 Å². The average molecular weight is 574 g/mol. The molecule has 196 valence electrons. The Morgan fingerprint density at radius 3 is 2.58 bits per heavy atom. The molecular weight excluding hydrogens is 553 g/mol. The first-order valence-electron chi connectivity index (χ1n) is 11.6. The summed E-state index contributed by atoms with van der Waals surface area (Å²) in [6.45, 7) is 1.47. The van der Waals surface area contributed by atoms with Crippen molar-refractivity contribution < 1.29 is 27.2 Å². The number of hydrogen-bond acceptors (Lipinski definition) is 8. The summed E-state index contributed by atoms with van der Waals surface area (Å²) in [5, 5.41) is 0. The number of halogens is 2. The number of hydrogen-bond donors (Lipinski definition) is 0. The fraction of sp³-hybridized carbons (Fsp3) is 0.231. The number of nitrogens with zero attached hydrogens (tertiary/aromatic N) is 3. The number of rotatable bonds is 7. The standard InChI is InChI=1S/C26H21ClFN3O5S2/c1-30-9-8-29-25(30)16-3-4-19-17(12-16)13-23(33)31(26(19)34)21-5-2-15(11-20(21)28)10-18(32)14-38(35,36)24-7-6-22(27)37-24/h2-7,11-12H,8-10,13-14H2,1H3. The predicted molar refractivity (Wildman–Crippen MR) is 142 cm³/mol. The smallest absolute Gasteiger partial charge is 0.265 e. The van der Waals surface area contributed by atoms with Crippen molar-refractivity contribution in [3.05, 3.63) is 80.9 Å². The number of fused-ring (bicyclic) bond motifs is 1. The number of sulfone groups is 1. The first-order valence-corrected chi connectivity index (χ1v) is 14.4. The van der Waals surface area contributed by atoms with Crippen LogP contribution in [0.15, 0.2) is 57.7 Å². The van der Waals surface area contributed by atoms with Gasteiger partial charge in [0.1, 0.15) is 21.6 Å². The van der Waals surface area contributed by atoms with Crippen molar-refractivity contribution in [1.82, 2.24) is 4.90 Å². The second kappa shape index (κ2) is 10.0. The molecule has 0 unspecified atom stereocenters. The Morgan fingerprint density at radius 1 is 1.13 bits per heavy atom. The number of carbonyl (C=O) groups is 3. The number of benzene rings is 2. The van der Waals surface area contributed by atoms with Gasteiger partial charge >= 0.3 is 0 Å². The second-order valence-electron chi connectivity index (χ2n) is 9.03. The van der Waals surface area contributed by atoms with E-state index < -0.39 is 39.0 Å². The minimum atomic E-state index is -3.87. The minimum absolute atomic E-state index is 0.0184. The lowest BCUT2D eigenvalue weighted by Gasteiger charge is -2.28. The van der Waals surface area contributed by atoms with E-state index in [4.69, 9.17) is 11.6 Å². The van der Waals surface area contributed by atoms with Gasteiger partial charge in [-0.3, -0.25) is 19.4 Å². The minimum Gasteiger partial charge on any atom is -0.358 e. The molecule has 8 nitrogen and oxygen atoms in total. The molecule has 0 aliphatic carbocycles. The van der Waals surface area contributed by atoms with Crippen molar-refractivity contribution in [2.45, 2.75) is 17.1 Å². The van der Waals surface area contributed by atoms with Crippen LogP contribution in [0, 0.1) is 5.82 Å². The number of thiophene rings is 1. The molecule has 12 heteroatoms. The summed E-state index contributed by atoms with van der Waals surface area (Å²) >= 11 is 6.64. The fourth-order valence-electron chi connectivity index (χ4n) is 4.52. The number of ketones is 1. The van der Waals surface area contributed by atoms with Crippen LogP contribution in [0.25, 0.3) is 0 Å². The zero-order valence-corrected chi connectivity index (χ0v) is 22.5. The van der Waals surface area contributed by atoms with Gasteiger partial charge in [-0.25, -0.2) is 17.7 Å². The van der Waals surface area contributed by atoms with E-state index in [2.05, 4.69) is 4.99 Å². The maximum atomic E-state index is 15.1. The molecule has 0 radical (unpaired) electrons. The average Bonchev–Trinajstić information content (AvgIpc) is 3.48. The summed E-state index contributed by atoms with van der Waals surface area (Å²) < 4.78 is 40.2. The van der Waals surface area contributed by atoms with Crippen LogP contribution in [0.5, 0.6) is 0 Å². The first-order chi connectivity index (χ1) is 18.0. The van der Waals surface area contributed by atoms with Crippen LogP contribution in [0.1, 0.15) is 27.0 Å².